The lowest BCUT2D eigenvalue weighted by Gasteiger charge is -2.16. The quantitative estimate of drug-likeness (QED) is 0.676. The Kier molecular flexibility index (Phi) is 4.97. The zero-order valence-electron chi connectivity index (χ0n) is 11.3. The van der Waals surface area contributed by atoms with Gasteiger partial charge in [-0.25, -0.2) is 4.98 Å². The lowest BCUT2D eigenvalue weighted by Crippen LogP contribution is -2.27. The monoisotopic (exact) mass is 309 g/mol. The summed E-state index contributed by atoms with van der Waals surface area (Å²) in [5.41, 5.74) is 0.994. The third kappa shape index (κ3) is 3.94. The van der Waals surface area contributed by atoms with E-state index in [1.807, 2.05) is 18.4 Å². The van der Waals surface area contributed by atoms with E-state index in [0.717, 1.165) is 0 Å². The summed E-state index contributed by atoms with van der Waals surface area (Å²) in [4.78, 5) is 32.6. The van der Waals surface area contributed by atoms with E-state index in [2.05, 4.69) is 9.97 Å². The number of nitrogens with zero attached hydrogens (tertiary/aromatic N) is 2. The first-order valence-corrected chi connectivity index (χ1v) is 7.88. The van der Waals surface area contributed by atoms with E-state index in [9.17, 15) is 9.59 Å². The standard InChI is InChI=1S/C13H15N3O2S2/c1-9-4-6-19-10(9)7-16(2)12(18)8-20-13-14-5-3-11(17)15-13/h3-6H,7-8H2,1-2H3,(H,14,15,17). The van der Waals surface area contributed by atoms with Crippen molar-refractivity contribution < 1.29 is 4.79 Å². The number of aryl methyl sites for hydroxylation is 1. The van der Waals surface area contributed by atoms with Crippen molar-refractivity contribution >= 4 is 29.0 Å². The fourth-order valence-corrected chi connectivity index (χ4v) is 3.28. The second-order valence-electron chi connectivity index (χ2n) is 4.30. The van der Waals surface area contributed by atoms with Crippen molar-refractivity contribution in [3.63, 3.8) is 0 Å². The highest BCUT2D eigenvalue weighted by molar-refractivity contribution is 7.99. The molecule has 2 rings (SSSR count). The molecule has 0 saturated carbocycles. The van der Waals surface area contributed by atoms with Crippen LogP contribution in [-0.4, -0.2) is 33.6 Å². The maximum atomic E-state index is 12.0. The van der Waals surface area contributed by atoms with Gasteiger partial charge in [0.2, 0.25) is 5.91 Å². The lowest BCUT2D eigenvalue weighted by molar-refractivity contribution is -0.127. The molecule has 0 aliphatic rings. The molecular formula is C13H15N3O2S2. The highest BCUT2D eigenvalue weighted by Gasteiger charge is 2.12. The molecule has 0 bridgehead atoms. The fourth-order valence-electron chi connectivity index (χ4n) is 1.54. The van der Waals surface area contributed by atoms with Gasteiger partial charge in [0.05, 0.1) is 12.3 Å². The van der Waals surface area contributed by atoms with E-state index in [4.69, 9.17) is 0 Å². The minimum absolute atomic E-state index is 0.00861. The van der Waals surface area contributed by atoms with Crippen LogP contribution in [-0.2, 0) is 11.3 Å². The number of thioether (sulfide) groups is 1. The van der Waals surface area contributed by atoms with E-state index in [0.29, 0.717) is 11.7 Å². The molecule has 5 nitrogen and oxygen atoms in total. The van der Waals surface area contributed by atoms with Crippen molar-refractivity contribution in [3.05, 3.63) is 44.5 Å². The van der Waals surface area contributed by atoms with Gasteiger partial charge in [-0.2, -0.15) is 0 Å². The van der Waals surface area contributed by atoms with Crippen LogP contribution in [0, 0.1) is 6.92 Å². The van der Waals surface area contributed by atoms with Gasteiger partial charge in [-0.3, -0.25) is 9.59 Å². The number of carbonyl (C=O) groups is 1. The molecule has 20 heavy (non-hydrogen) atoms. The summed E-state index contributed by atoms with van der Waals surface area (Å²) in [6.07, 6.45) is 1.43. The third-order valence-corrected chi connectivity index (χ3v) is 4.63. The number of rotatable bonds is 5. The van der Waals surface area contributed by atoms with Gasteiger partial charge in [0.15, 0.2) is 5.16 Å². The number of aromatic amines is 1. The van der Waals surface area contributed by atoms with Crippen molar-refractivity contribution in [2.45, 2.75) is 18.6 Å². The first kappa shape index (κ1) is 14.8. The molecule has 0 fully saturated rings. The second kappa shape index (κ2) is 6.71. The highest BCUT2D eigenvalue weighted by atomic mass is 32.2. The van der Waals surface area contributed by atoms with Crippen molar-refractivity contribution in [1.29, 1.82) is 0 Å². The van der Waals surface area contributed by atoms with E-state index >= 15 is 0 Å². The van der Waals surface area contributed by atoms with Crippen LogP contribution >= 0.6 is 23.1 Å². The third-order valence-electron chi connectivity index (χ3n) is 2.75. The van der Waals surface area contributed by atoms with Crippen molar-refractivity contribution in [1.82, 2.24) is 14.9 Å². The first-order valence-electron chi connectivity index (χ1n) is 6.01. The Morgan fingerprint density at radius 2 is 2.30 bits per heavy atom. The van der Waals surface area contributed by atoms with Gasteiger partial charge < -0.3 is 9.88 Å². The van der Waals surface area contributed by atoms with Crippen LogP contribution in [0.5, 0.6) is 0 Å². The SMILES string of the molecule is Cc1ccsc1CN(C)C(=O)CSc1nccc(=O)[nH]1. The van der Waals surface area contributed by atoms with Gasteiger partial charge >= 0.3 is 0 Å². The van der Waals surface area contributed by atoms with E-state index < -0.39 is 0 Å². The topological polar surface area (TPSA) is 66.1 Å². The number of amides is 1. The molecular weight excluding hydrogens is 294 g/mol. The lowest BCUT2D eigenvalue weighted by atomic mass is 10.3. The molecule has 2 aromatic rings. The number of carbonyl (C=O) groups excluding carboxylic acids is 1. The van der Waals surface area contributed by atoms with E-state index in [-0.39, 0.29) is 17.2 Å². The number of hydrogen-bond acceptors (Lipinski definition) is 5. The predicted molar refractivity (Wildman–Crippen MR) is 81.1 cm³/mol. The van der Waals surface area contributed by atoms with Gasteiger partial charge in [0.25, 0.3) is 5.56 Å². The fraction of sp³-hybridized carbons (Fsp3) is 0.308. The summed E-state index contributed by atoms with van der Waals surface area (Å²) in [6.45, 7) is 2.65. The number of thiophene rings is 1. The molecule has 0 radical (unpaired) electrons. The van der Waals surface area contributed by atoms with Crippen LogP contribution in [0.3, 0.4) is 0 Å². The molecule has 106 valence electrons. The maximum absolute atomic E-state index is 12.0. The van der Waals surface area contributed by atoms with Crippen molar-refractivity contribution in [3.8, 4) is 0 Å². The van der Waals surface area contributed by atoms with E-state index in [1.54, 1.807) is 23.3 Å². The number of H-pyrrole nitrogens is 1. The largest absolute Gasteiger partial charge is 0.340 e. The van der Waals surface area contributed by atoms with Crippen LogP contribution in [0.4, 0.5) is 0 Å². The van der Waals surface area contributed by atoms with Gasteiger partial charge in [-0.15, -0.1) is 11.3 Å². The number of hydrogen-bond donors (Lipinski definition) is 1. The Hall–Kier alpha value is -1.60. The van der Waals surface area contributed by atoms with Gasteiger partial charge in [-0.05, 0) is 23.9 Å². The molecule has 0 aliphatic carbocycles. The number of aromatic nitrogens is 2. The normalized spacial score (nSPS) is 10.5. The Labute approximate surface area is 125 Å². The second-order valence-corrected chi connectivity index (χ2v) is 6.27. The zero-order chi connectivity index (χ0) is 14.5. The minimum atomic E-state index is -0.211. The zero-order valence-corrected chi connectivity index (χ0v) is 12.9. The van der Waals surface area contributed by atoms with Crippen molar-refractivity contribution in [2.75, 3.05) is 12.8 Å². The Morgan fingerprint density at radius 1 is 1.50 bits per heavy atom. The van der Waals surface area contributed by atoms with Gasteiger partial charge in [0.1, 0.15) is 0 Å². The van der Waals surface area contributed by atoms with E-state index in [1.165, 1.54) is 34.5 Å². The summed E-state index contributed by atoms with van der Waals surface area (Å²) in [5.74, 6) is 0.266. The van der Waals surface area contributed by atoms with Crippen LogP contribution in [0.1, 0.15) is 10.4 Å². The summed E-state index contributed by atoms with van der Waals surface area (Å²) in [7, 11) is 1.78. The minimum Gasteiger partial charge on any atom is -0.340 e. The van der Waals surface area contributed by atoms with Gasteiger partial charge in [0, 0.05) is 24.2 Å². The van der Waals surface area contributed by atoms with Crippen molar-refractivity contribution in [2.24, 2.45) is 0 Å². The van der Waals surface area contributed by atoms with Crippen LogP contribution < -0.4 is 5.56 Å². The summed E-state index contributed by atoms with van der Waals surface area (Å²) in [5, 5.41) is 2.49. The molecule has 7 heteroatoms. The molecule has 2 heterocycles. The Bertz CT molecular complexity index is 651. The molecule has 0 spiro atoms. The molecule has 0 unspecified atom stereocenters. The average molecular weight is 309 g/mol. The maximum Gasteiger partial charge on any atom is 0.251 e. The van der Waals surface area contributed by atoms with Crippen LogP contribution in [0.2, 0.25) is 0 Å². The molecule has 0 aliphatic heterocycles. The Balaban J connectivity index is 1.88. The highest BCUT2D eigenvalue weighted by Crippen LogP contribution is 2.18. The molecule has 0 saturated heterocycles. The summed E-state index contributed by atoms with van der Waals surface area (Å²) < 4.78 is 0. The first-order chi connectivity index (χ1) is 9.56. The van der Waals surface area contributed by atoms with Gasteiger partial charge in [-0.1, -0.05) is 11.8 Å². The molecule has 2 aromatic heterocycles. The predicted octanol–water partition coefficient (Wildman–Crippen LogP) is 1.89. The molecule has 1 N–H and O–H groups in total. The average Bonchev–Trinajstić information content (AvgIpc) is 2.81. The van der Waals surface area contributed by atoms with Crippen LogP contribution in [0.25, 0.3) is 0 Å². The van der Waals surface area contributed by atoms with Crippen LogP contribution in [0.15, 0.2) is 33.7 Å². The Morgan fingerprint density at radius 3 is 2.95 bits per heavy atom. The summed E-state index contributed by atoms with van der Waals surface area (Å²) >= 11 is 2.88. The number of nitrogens with one attached hydrogen (secondary N) is 1. The summed E-state index contributed by atoms with van der Waals surface area (Å²) in [6, 6.07) is 3.39. The molecule has 1 amide bonds. The smallest absolute Gasteiger partial charge is 0.251 e. The molecule has 0 atom stereocenters. The molecule has 0 aromatic carbocycles.